The predicted octanol–water partition coefficient (Wildman–Crippen LogP) is -0.0890. The average Bonchev–Trinajstić information content (AvgIpc) is 3.68. The van der Waals surface area contributed by atoms with Gasteiger partial charge in [-0.2, -0.15) is 5.10 Å². The van der Waals surface area contributed by atoms with Crippen molar-refractivity contribution in [2.75, 3.05) is 26.2 Å². The van der Waals surface area contributed by atoms with E-state index in [1.54, 1.807) is 12.4 Å². The van der Waals surface area contributed by atoms with Gasteiger partial charge in [0.15, 0.2) is 0 Å². The number of rotatable bonds is 8. The van der Waals surface area contributed by atoms with Gasteiger partial charge >= 0.3 is 0 Å². The Morgan fingerprint density at radius 2 is 1.86 bits per heavy atom. The van der Waals surface area contributed by atoms with E-state index in [0.717, 1.165) is 11.1 Å². The predicted molar refractivity (Wildman–Crippen MR) is 161 cm³/mol. The third kappa shape index (κ3) is 8.65. The molecule has 4 rings (SSSR count). The molecule has 2 aliphatic heterocycles. The van der Waals surface area contributed by atoms with Crippen LogP contribution in [0.15, 0.2) is 42.7 Å². The largest absolute Gasteiger partial charge is 0.391 e. The minimum atomic E-state index is -1.01. The first-order chi connectivity index (χ1) is 21.2. The van der Waals surface area contributed by atoms with Crippen molar-refractivity contribution in [1.82, 2.24) is 35.9 Å². The third-order valence-electron chi connectivity index (χ3n) is 8.35. The van der Waals surface area contributed by atoms with Gasteiger partial charge in [0.05, 0.1) is 18.8 Å². The molecule has 0 unspecified atom stereocenters. The molecule has 0 saturated carbocycles. The highest BCUT2D eigenvalue weighted by molar-refractivity contribution is 5.95. The van der Waals surface area contributed by atoms with Crippen LogP contribution in [0.4, 0.5) is 0 Å². The molecule has 0 spiro atoms. The topological polar surface area (TPSA) is 177 Å². The van der Waals surface area contributed by atoms with Gasteiger partial charge in [0.25, 0.3) is 0 Å². The van der Waals surface area contributed by atoms with Crippen molar-refractivity contribution < 1.29 is 29.1 Å². The molecule has 2 saturated heterocycles. The molecule has 3 heterocycles. The fourth-order valence-electron chi connectivity index (χ4n) is 5.63. The van der Waals surface area contributed by atoms with Crippen molar-refractivity contribution in [2.45, 2.75) is 76.6 Å². The zero-order valence-corrected chi connectivity index (χ0v) is 25.3. The summed E-state index contributed by atoms with van der Waals surface area (Å²) >= 11 is 0. The molecule has 2 aromatic rings. The lowest BCUT2D eigenvalue weighted by Gasteiger charge is -2.32. The fraction of sp³-hybridized carbons (Fsp3) is 0.548. The first-order valence-electron chi connectivity index (χ1n) is 15.3. The van der Waals surface area contributed by atoms with Gasteiger partial charge in [-0.3, -0.25) is 29.1 Å². The van der Waals surface area contributed by atoms with Gasteiger partial charge in [0.1, 0.15) is 18.1 Å². The van der Waals surface area contributed by atoms with Crippen LogP contribution in [-0.2, 0) is 36.8 Å². The van der Waals surface area contributed by atoms with Crippen molar-refractivity contribution >= 4 is 29.5 Å². The lowest BCUT2D eigenvalue weighted by atomic mass is 9.97. The van der Waals surface area contributed by atoms with Crippen LogP contribution in [0.5, 0.6) is 0 Å². The number of fused-ring (bicyclic) bond motifs is 1. The number of aryl methyl sites for hydroxylation is 1. The monoisotopic (exact) mass is 609 g/mol. The number of benzene rings is 1. The average molecular weight is 610 g/mol. The Bertz CT molecular complexity index is 1290. The second-order valence-corrected chi connectivity index (χ2v) is 11.6. The Balaban J connectivity index is 1.59. The summed E-state index contributed by atoms with van der Waals surface area (Å²) in [7, 11) is 0. The molecule has 0 aliphatic carbocycles. The van der Waals surface area contributed by atoms with E-state index in [9.17, 15) is 29.1 Å². The Morgan fingerprint density at radius 3 is 2.57 bits per heavy atom. The SMILES string of the molecule is CC[C@H](C)[C@@H]1NC(=O)CN(C(=O)CCCc2cn[nH]c2)CCNC(=O)[C@H](Cc2ccccc2)NC(=O)[C@@H]2C[C@@H](O)CN2C1=O. The summed E-state index contributed by atoms with van der Waals surface area (Å²) in [6, 6.07) is 6.29. The van der Waals surface area contributed by atoms with E-state index in [-0.39, 0.29) is 57.3 Å². The van der Waals surface area contributed by atoms with Gasteiger partial charge in [-0.05, 0) is 29.9 Å². The Kier molecular flexibility index (Phi) is 11.5. The fourth-order valence-corrected chi connectivity index (χ4v) is 5.63. The molecule has 238 valence electrons. The zero-order valence-electron chi connectivity index (χ0n) is 25.3. The minimum Gasteiger partial charge on any atom is -0.391 e. The number of hydrogen-bond acceptors (Lipinski definition) is 7. The highest BCUT2D eigenvalue weighted by Gasteiger charge is 2.43. The molecule has 13 nitrogen and oxygen atoms in total. The smallest absolute Gasteiger partial charge is 0.246 e. The van der Waals surface area contributed by atoms with E-state index in [1.165, 1.54) is 9.80 Å². The molecular formula is C31H43N7O6. The molecule has 1 aromatic carbocycles. The molecule has 13 heteroatoms. The van der Waals surface area contributed by atoms with Crippen LogP contribution < -0.4 is 16.0 Å². The molecule has 2 aliphatic rings. The third-order valence-corrected chi connectivity index (χ3v) is 8.35. The van der Waals surface area contributed by atoms with Crippen LogP contribution >= 0.6 is 0 Å². The first kappa shape index (κ1) is 32.6. The maximum atomic E-state index is 13.9. The van der Waals surface area contributed by atoms with E-state index in [1.807, 2.05) is 44.2 Å². The van der Waals surface area contributed by atoms with Crippen LogP contribution in [0.2, 0.25) is 0 Å². The number of carbonyl (C=O) groups is 5. The summed E-state index contributed by atoms with van der Waals surface area (Å²) in [5.41, 5.74) is 1.79. The van der Waals surface area contributed by atoms with Gasteiger partial charge in [-0.25, -0.2) is 0 Å². The van der Waals surface area contributed by atoms with Crippen LogP contribution in [-0.4, -0.2) is 105 Å². The van der Waals surface area contributed by atoms with Crippen molar-refractivity contribution in [3.8, 4) is 0 Å². The molecule has 0 bridgehead atoms. The maximum absolute atomic E-state index is 13.9. The van der Waals surface area contributed by atoms with Crippen LogP contribution in [0.3, 0.4) is 0 Å². The number of nitrogens with zero attached hydrogens (tertiary/aromatic N) is 3. The minimum absolute atomic E-state index is 0.0134. The van der Waals surface area contributed by atoms with Crippen LogP contribution in [0.1, 0.15) is 50.7 Å². The first-order valence-corrected chi connectivity index (χ1v) is 15.3. The second kappa shape index (κ2) is 15.5. The summed E-state index contributed by atoms with van der Waals surface area (Å²) in [6.07, 6.45) is 4.66. The van der Waals surface area contributed by atoms with Gasteiger partial charge in [0, 0.05) is 45.1 Å². The number of nitrogens with one attached hydrogen (secondary N) is 4. The van der Waals surface area contributed by atoms with Crippen molar-refractivity contribution in [3.63, 3.8) is 0 Å². The molecular weight excluding hydrogens is 566 g/mol. The standard InChI is InChI=1S/C31H43N7O6/c1-3-20(2)28-31(44)38-18-23(39)15-25(38)30(43)35-24(14-21-8-5-4-6-9-21)29(42)32-12-13-37(19-26(40)36-28)27(41)11-7-10-22-16-33-34-17-22/h4-6,8-9,16-17,20,23-25,28,39H,3,7,10-15,18-19H2,1-2H3,(H,32,42)(H,33,34)(H,35,43)(H,36,40)/t20-,23+,24-,25-,28-/m0/s1. The highest BCUT2D eigenvalue weighted by Crippen LogP contribution is 2.22. The summed E-state index contributed by atoms with van der Waals surface area (Å²) < 4.78 is 0. The van der Waals surface area contributed by atoms with E-state index in [2.05, 4.69) is 26.1 Å². The van der Waals surface area contributed by atoms with Gasteiger partial charge in [-0.15, -0.1) is 0 Å². The molecule has 5 N–H and O–H groups in total. The quantitative estimate of drug-likeness (QED) is 0.278. The zero-order chi connectivity index (χ0) is 31.6. The van der Waals surface area contributed by atoms with Crippen LogP contribution in [0.25, 0.3) is 0 Å². The Morgan fingerprint density at radius 1 is 1.09 bits per heavy atom. The molecule has 5 atom stereocenters. The Hall–Kier alpha value is -4.26. The summed E-state index contributed by atoms with van der Waals surface area (Å²) in [5, 5.41) is 25.6. The normalized spacial score (nSPS) is 24.4. The summed E-state index contributed by atoms with van der Waals surface area (Å²) in [4.78, 5) is 70.1. The molecule has 0 radical (unpaired) electrons. The number of amides is 5. The molecule has 44 heavy (non-hydrogen) atoms. The number of aromatic amines is 1. The van der Waals surface area contributed by atoms with Crippen molar-refractivity contribution in [1.29, 1.82) is 0 Å². The lowest BCUT2D eigenvalue weighted by Crippen LogP contribution is -2.58. The Labute approximate surface area is 257 Å². The highest BCUT2D eigenvalue weighted by atomic mass is 16.3. The second-order valence-electron chi connectivity index (χ2n) is 11.6. The number of hydrogen-bond donors (Lipinski definition) is 5. The molecule has 2 fully saturated rings. The number of aromatic nitrogens is 2. The van der Waals surface area contributed by atoms with Gasteiger partial charge in [0.2, 0.25) is 29.5 Å². The van der Waals surface area contributed by atoms with E-state index in [4.69, 9.17) is 0 Å². The van der Waals surface area contributed by atoms with E-state index in [0.29, 0.717) is 19.3 Å². The molecule has 1 aromatic heterocycles. The number of aliphatic hydroxyl groups is 1. The maximum Gasteiger partial charge on any atom is 0.246 e. The van der Waals surface area contributed by atoms with Gasteiger partial charge < -0.3 is 30.9 Å². The van der Waals surface area contributed by atoms with Crippen molar-refractivity contribution in [3.05, 3.63) is 53.9 Å². The van der Waals surface area contributed by atoms with Gasteiger partial charge in [-0.1, -0.05) is 50.6 Å². The number of H-pyrrole nitrogens is 1. The van der Waals surface area contributed by atoms with Crippen molar-refractivity contribution in [2.24, 2.45) is 5.92 Å². The summed E-state index contributed by atoms with van der Waals surface area (Å²) in [5.74, 6) is -2.55. The van der Waals surface area contributed by atoms with E-state index >= 15 is 0 Å². The van der Waals surface area contributed by atoms with Crippen LogP contribution in [0, 0.1) is 5.92 Å². The number of aliphatic hydroxyl groups excluding tert-OH is 1. The molecule has 5 amide bonds. The lowest BCUT2D eigenvalue weighted by molar-refractivity contribution is -0.143. The van der Waals surface area contributed by atoms with E-state index < -0.39 is 47.9 Å². The summed E-state index contributed by atoms with van der Waals surface area (Å²) in [6.45, 7) is 3.48. The number of carbonyl (C=O) groups excluding carboxylic acids is 5.